The van der Waals surface area contributed by atoms with Gasteiger partial charge in [-0.25, -0.2) is 4.79 Å². The van der Waals surface area contributed by atoms with E-state index in [-0.39, 0.29) is 46.9 Å². The number of hydrogen-bond donors (Lipinski definition) is 1. The van der Waals surface area contributed by atoms with Crippen LogP contribution in [0.3, 0.4) is 0 Å². The molecule has 4 bridgehead atoms. The first-order valence-electron chi connectivity index (χ1n) is 13.1. The molecule has 5 aliphatic rings. The van der Waals surface area contributed by atoms with Gasteiger partial charge in [-0.2, -0.15) is 0 Å². The molecule has 0 unspecified atom stereocenters. The smallest absolute Gasteiger partial charge is 0.338 e. The minimum absolute atomic E-state index is 0.0579. The van der Waals surface area contributed by atoms with Crippen LogP contribution in [0.25, 0.3) is 0 Å². The number of carbonyl (C=O) groups excluding carboxylic acids is 4. The van der Waals surface area contributed by atoms with Crippen LogP contribution in [0.1, 0.15) is 96.8 Å². The topological polar surface area (TPSA) is 92.8 Å². The van der Waals surface area contributed by atoms with Crippen LogP contribution < -0.4 is 5.32 Å². The zero-order valence-electron chi connectivity index (χ0n) is 21.0. The van der Waals surface area contributed by atoms with Gasteiger partial charge in [-0.15, -0.1) is 0 Å². The molecule has 3 amide bonds. The Hall–Kier alpha value is -2.70. The lowest BCUT2D eigenvalue weighted by Gasteiger charge is -2.59. The molecule has 4 aliphatic carbocycles. The molecule has 1 N–H and O–H groups in total. The Morgan fingerprint density at radius 3 is 2.20 bits per heavy atom. The standard InChI is InChI=1S/C28H36N2O5/c1-16(2)6-7-30-25(32)22-5-4-21(11-23(22)26(30)33)27(34)35-15-24(31)29-17(3)28-12-18-8-19(13-28)10-20(9-18)14-28/h4-5,11,16-20H,6-10,12-15H2,1-3H3,(H,29,31)/t17-,18?,19?,20?,28?/m1/s1. The quantitative estimate of drug-likeness (QED) is 0.445. The molecular weight excluding hydrogens is 444 g/mol. The number of amides is 3. The van der Waals surface area contributed by atoms with Crippen molar-refractivity contribution < 1.29 is 23.9 Å². The van der Waals surface area contributed by atoms with Crippen molar-refractivity contribution in [3.05, 3.63) is 34.9 Å². The number of esters is 1. The van der Waals surface area contributed by atoms with Crippen LogP contribution in [0.15, 0.2) is 18.2 Å². The van der Waals surface area contributed by atoms with Crippen molar-refractivity contribution in [2.24, 2.45) is 29.1 Å². The highest BCUT2D eigenvalue weighted by atomic mass is 16.5. The number of hydrogen-bond acceptors (Lipinski definition) is 5. The van der Waals surface area contributed by atoms with Gasteiger partial charge in [-0.1, -0.05) is 13.8 Å². The van der Waals surface area contributed by atoms with Crippen LogP contribution in [-0.2, 0) is 9.53 Å². The fourth-order valence-electron chi connectivity index (χ4n) is 7.37. The third-order valence-corrected chi connectivity index (χ3v) is 8.85. The highest BCUT2D eigenvalue weighted by molar-refractivity contribution is 6.22. The molecule has 0 aromatic heterocycles. The molecule has 188 valence electrons. The summed E-state index contributed by atoms with van der Waals surface area (Å²) in [6, 6.07) is 4.44. The van der Waals surface area contributed by atoms with E-state index in [0.29, 0.717) is 18.0 Å². The number of benzene rings is 1. The highest BCUT2D eigenvalue weighted by Crippen LogP contribution is 2.61. The molecule has 0 radical (unpaired) electrons. The Labute approximate surface area is 207 Å². The molecule has 1 heterocycles. The molecule has 0 saturated heterocycles. The molecule has 1 aromatic carbocycles. The lowest BCUT2D eigenvalue weighted by Crippen LogP contribution is -2.56. The van der Waals surface area contributed by atoms with Crippen molar-refractivity contribution in [3.8, 4) is 0 Å². The summed E-state index contributed by atoms with van der Waals surface area (Å²) in [5.41, 5.74) is 0.867. The van der Waals surface area contributed by atoms with Gasteiger partial charge < -0.3 is 10.1 Å². The van der Waals surface area contributed by atoms with Crippen molar-refractivity contribution in [1.29, 1.82) is 0 Å². The predicted molar refractivity (Wildman–Crippen MR) is 130 cm³/mol. The van der Waals surface area contributed by atoms with Crippen LogP contribution in [0.4, 0.5) is 0 Å². The Morgan fingerprint density at radius 2 is 1.60 bits per heavy atom. The Kier molecular flexibility index (Phi) is 6.22. The Bertz CT molecular complexity index is 1030. The molecule has 7 nitrogen and oxygen atoms in total. The maximum Gasteiger partial charge on any atom is 0.338 e. The van der Waals surface area contributed by atoms with Gasteiger partial charge in [0.05, 0.1) is 16.7 Å². The average molecular weight is 481 g/mol. The van der Waals surface area contributed by atoms with E-state index in [0.717, 1.165) is 24.2 Å². The summed E-state index contributed by atoms with van der Waals surface area (Å²) in [5, 5.41) is 3.11. The van der Waals surface area contributed by atoms with Crippen molar-refractivity contribution in [3.63, 3.8) is 0 Å². The first-order valence-corrected chi connectivity index (χ1v) is 13.1. The maximum absolute atomic E-state index is 12.7. The van der Waals surface area contributed by atoms with Gasteiger partial charge in [-0.05, 0) is 99.2 Å². The number of carbonyl (C=O) groups is 4. The molecule has 35 heavy (non-hydrogen) atoms. The van der Waals surface area contributed by atoms with E-state index < -0.39 is 5.97 Å². The van der Waals surface area contributed by atoms with Gasteiger partial charge in [0.15, 0.2) is 6.61 Å². The van der Waals surface area contributed by atoms with E-state index in [1.807, 2.05) is 13.8 Å². The minimum Gasteiger partial charge on any atom is -0.452 e. The average Bonchev–Trinajstić information content (AvgIpc) is 3.04. The summed E-state index contributed by atoms with van der Waals surface area (Å²) in [5.74, 6) is 1.07. The second kappa shape index (κ2) is 9.07. The molecule has 0 spiro atoms. The Morgan fingerprint density at radius 1 is 1.00 bits per heavy atom. The van der Waals surface area contributed by atoms with Crippen molar-refractivity contribution in [2.45, 2.75) is 71.8 Å². The monoisotopic (exact) mass is 480 g/mol. The summed E-state index contributed by atoms with van der Waals surface area (Å²) < 4.78 is 5.28. The van der Waals surface area contributed by atoms with Gasteiger partial charge in [0.2, 0.25) is 0 Å². The third-order valence-electron chi connectivity index (χ3n) is 8.85. The third kappa shape index (κ3) is 4.50. The van der Waals surface area contributed by atoms with Gasteiger partial charge in [0, 0.05) is 12.6 Å². The summed E-state index contributed by atoms with van der Waals surface area (Å²) in [6.45, 7) is 6.16. The van der Waals surface area contributed by atoms with E-state index >= 15 is 0 Å². The highest BCUT2D eigenvalue weighted by Gasteiger charge is 2.53. The molecule has 1 atom stereocenters. The van der Waals surface area contributed by atoms with Crippen LogP contribution >= 0.6 is 0 Å². The zero-order chi connectivity index (χ0) is 24.9. The minimum atomic E-state index is -0.675. The van der Waals surface area contributed by atoms with Crippen LogP contribution in [-0.4, -0.2) is 47.8 Å². The second-order valence-corrected chi connectivity index (χ2v) is 11.9. The summed E-state index contributed by atoms with van der Waals surface area (Å²) in [7, 11) is 0. The first kappa shape index (κ1) is 24.0. The fourth-order valence-corrected chi connectivity index (χ4v) is 7.37. The van der Waals surface area contributed by atoms with E-state index in [1.165, 1.54) is 61.6 Å². The number of rotatable bonds is 8. The van der Waals surface area contributed by atoms with E-state index in [4.69, 9.17) is 4.74 Å². The predicted octanol–water partition coefficient (Wildman–Crippen LogP) is 4.21. The number of nitrogens with zero attached hydrogens (tertiary/aromatic N) is 1. The van der Waals surface area contributed by atoms with E-state index in [1.54, 1.807) is 0 Å². The largest absolute Gasteiger partial charge is 0.452 e. The van der Waals surface area contributed by atoms with E-state index in [9.17, 15) is 19.2 Å². The Balaban J connectivity index is 1.17. The van der Waals surface area contributed by atoms with Crippen molar-refractivity contribution >= 4 is 23.7 Å². The summed E-state index contributed by atoms with van der Waals surface area (Å²) in [6.07, 6.45) is 8.34. The van der Waals surface area contributed by atoms with Gasteiger partial charge in [-0.3, -0.25) is 19.3 Å². The number of fused-ring (bicyclic) bond motifs is 1. The summed E-state index contributed by atoms with van der Waals surface area (Å²) >= 11 is 0. The lowest BCUT2D eigenvalue weighted by atomic mass is 9.48. The maximum atomic E-state index is 12.7. The molecule has 4 saturated carbocycles. The van der Waals surface area contributed by atoms with Crippen molar-refractivity contribution in [1.82, 2.24) is 10.2 Å². The number of nitrogens with one attached hydrogen (secondary N) is 1. The summed E-state index contributed by atoms with van der Waals surface area (Å²) in [4.78, 5) is 51.8. The van der Waals surface area contributed by atoms with E-state index in [2.05, 4.69) is 12.2 Å². The van der Waals surface area contributed by atoms with Crippen LogP contribution in [0.2, 0.25) is 0 Å². The zero-order valence-corrected chi connectivity index (χ0v) is 21.0. The molecule has 7 heteroatoms. The number of imide groups is 1. The molecule has 6 rings (SSSR count). The SMILES string of the molecule is CC(C)CCN1C(=O)c2ccc(C(=O)OCC(=O)N[C@H](C)C34CC5CC(CC(C5)C3)C4)cc2C1=O. The lowest BCUT2D eigenvalue weighted by molar-refractivity contribution is -0.128. The molecule has 1 aromatic rings. The first-order chi connectivity index (χ1) is 16.6. The molecule has 1 aliphatic heterocycles. The number of ether oxygens (including phenoxy) is 1. The second-order valence-electron chi connectivity index (χ2n) is 11.9. The van der Waals surface area contributed by atoms with Gasteiger partial charge in [0.25, 0.3) is 17.7 Å². The van der Waals surface area contributed by atoms with Crippen LogP contribution in [0.5, 0.6) is 0 Å². The normalized spacial score (nSPS) is 29.5. The molecule has 4 fully saturated rings. The molecular formula is C28H36N2O5. The van der Waals surface area contributed by atoms with Crippen LogP contribution in [0, 0.1) is 29.1 Å². The van der Waals surface area contributed by atoms with Crippen molar-refractivity contribution in [2.75, 3.05) is 13.2 Å². The van der Waals surface area contributed by atoms with Gasteiger partial charge in [0.1, 0.15) is 0 Å². The van der Waals surface area contributed by atoms with Gasteiger partial charge >= 0.3 is 5.97 Å². The fraction of sp³-hybridized carbons (Fsp3) is 0.643.